The fraction of sp³-hybridized carbons (Fsp3) is 0. The van der Waals surface area contributed by atoms with Crippen LogP contribution in [0.3, 0.4) is 0 Å². The molecule has 0 fully saturated rings. The summed E-state index contributed by atoms with van der Waals surface area (Å²) in [5.41, 5.74) is 1.33. The van der Waals surface area contributed by atoms with Crippen molar-refractivity contribution in [2.24, 2.45) is 0 Å². The molecule has 0 unspecified atom stereocenters. The molecule has 0 bridgehead atoms. The first-order valence-electron chi connectivity index (χ1n) is 4.33. The fourth-order valence-corrected chi connectivity index (χ4v) is 1.17. The van der Waals surface area contributed by atoms with Crippen LogP contribution in [0, 0.1) is 5.82 Å². The van der Waals surface area contributed by atoms with Crippen LogP contribution in [0.15, 0.2) is 36.7 Å². The molecule has 1 heterocycles. The molecule has 0 spiro atoms. The second-order valence-corrected chi connectivity index (χ2v) is 2.96. The molecule has 0 saturated carbocycles. The van der Waals surface area contributed by atoms with Crippen molar-refractivity contribution < 1.29 is 9.18 Å². The first-order chi connectivity index (χ1) is 7.29. The smallest absolute Gasteiger partial charge is 0.159 e. The number of carbonyl (C=O) groups excluding carboxylic acids is 1. The molecule has 74 valence electrons. The van der Waals surface area contributed by atoms with E-state index < -0.39 is 5.82 Å². The lowest BCUT2D eigenvalue weighted by molar-refractivity contribution is 0.112. The Morgan fingerprint density at radius 2 is 1.67 bits per heavy atom. The number of aromatic nitrogens is 2. The molecule has 4 heteroatoms. The van der Waals surface area contributed by atoms with Gasteiger partial charge in [-0.15, -0.1) is 0 Å². The van der Waals surface area contributed by atoms with Crippen molar-refractivity contribution in [1.82, 2.24) is 9.97 Å². The maximum Gasteiger partial charge on any atom is 0.159 e. The Balaban J connectivity index is 2.37. The topological polar surface area (TPSA) is 42.9 Å². The van der Waals surface area contributed by atoms with E-state index in [0.29, 0.717) is 11.4 Å². The van der Waals surface area contributed by atoms with Crippen molar-refractivity contribution in [3.63, 3.8) is 0 Å². The summed E-state index contributed by atoms with van der Waals surface area (Å²) < 4.78 is 12.5. The molecule has 15 heavy (non-hydrogen) atoms. The van der Waals surface area contributed by atoms with Gasteiger partial charge in [-0.2, -0.15) is 0 Å². The van der Waals surface area contributed by atoms with Crippen LogP contribution >= 0.6 is 0 Å². The summed E-state index contributed by atoms with van der Waals surface area (Å²) in [7, 11) is 0. The van der Waals surface area contributed by atoms with E-state index >= 15 is 0 Å². The van der Waals surface area contributed by atoms with Crippen molar-refractivity contribution in [2.45, 2.75) is 0 Å². The molecule has 0 N–H and O–H groups in total. The van der Waals surface area contributed by atoms with Gasteiger partial charge in [0.25, 0.3) is 0 Å². The van der Waals surface area contributed by atoms with Crippen LogP contribution in [0.4, 0.5) is 4.39 Å². The van der Waals surface area contributed by atoms with Gasteiger partial charge in [-0.05, 0) is 0 Å². The fourth-order valence-electron chi connectivity index (χ4n) is 1.17. The summed E-state index contributed by atoms with van der Waals surface area (Å²) in [5.74, 6) is -0.0305. The van der Waals surface area contributed by atoms with E-state index in [1.165, 1.54) is 0 Å². The van der Waals surface area contributed by atoms with Gasteiger partial charge >= 0.3 is 0 Å². The van der Waals surface area contributed by atoms with Gasteiger partial charge in [0.05, 0.1) is 12.4 Å². The minimum atomic E-state index is -0.469. The molecule has 0 atom stereocenters. The zero-order valence-electron chi connectivity index (χ0n) is 7.72. The van der Waals surface area contributed by atoms with Gasteiger partial charge < -0.3 is 0 Å². The molecular weight excluding hydrogens is 195 g/mol. The predicted molar refractivity (Wildman–Crippen MR) is 52.8 cm³/mol. The second-order valence-electron chi connectivity index (χ2n) is 2.96. The summed E-state index contributed by atoms with van der Waals surface area (Å²) in [5, 5.41) is 0. The minimum absolute atomic E-state index is 0.439. The van der Waals surface area contributed by atoms with Crippen LogP contribution in [-0.2, 0) is 0 Å². The largest absolute Gasteiger partial charge is 0.298 e. The number of aldehydes is 1. The van der Waals surface area contributed by atoms with Gasteiger partial charge in [-0.25, -0.2) is 14.4 Å². The lowest BCUT2D eigenvalue weighted by Crippen LogP contribution is -1.89. The lowest BCUT2D eigenvalue weighted by atomic mass is 10.1. The molecule has 2 aromatic rings. The average molecular weight is 202 g/mol. The molecule has 0 amide bonds. The molecule has 3 nitrogen and oxygen atoms in total. The SMILES string of the molecule is O=Cc1ccc(-c2ncc(F)cn2)cc1. The van der Waals surface area contributed by atoms with Gasteiger partial charge in [-0.1, -0.05) is 24.3 Å². The van der Waals surface area contributed by atoms with E-state index in [1.807, 2.05) is 0 Å². The monoisotopic (exact) mass is 202 g/mol. The molecule has 1 aromatic carbocycles. The maximum atomic E-state index is 12.5. The maximum absolute atomic E-state index is 12.5. The van der Waals surface area contributed by atoms with Gasteiger partial charge in [0.2, 0.25) is 0 Å². The van der Waals surface area contributed by atoms with Crippen LogP contribution in [0.2, 0.25) is 0 Å². The second kappa shape index (κ2) is 3.96. The molecule has 2 rings (SSSR count). The van der Waals surface area contributed by atoms with Gasteiger partial charge in [0.1, 0.15) is 6.29 Å². The Morgan fingerprint density at radius 1 is 1.07 bits per heavy atom. The quantitative estimate of drug-likeness (QED) is 0.700. The molecule has 0 aliphatic heterocycles. The lowest BCUT2D eigenvalue weighted by Gasteiger charge is -1.98. The standard InChI is InChI=1S/C11H7FN2O/c12-10-5-13-11(14-6-10)9-3-1-8(7-15)2-4-9/h1-7H. The summed E-state index contributed by atoms with van der Waals surface area (Å²) in [6.07, 6.45) is 2.97. The minimum Gasteiger partial charge on any atom is -0.298 e. The normalized spacial score (nSPS) is 9.93. The molecular formula is C11H7FN2O. The van der Waals surface area contributed by atoms with E-state index in [2.05, 4.69) is 9.97 Å². The number of carbonyl (C=O) groups is 1. The number of benzene rings is 1. The summed E-state index contributed by atoms with van der Waals surface area (Å²) in [4.78, 5) is 18.1. The molecule has 1 aromatic heterocycles. The van der Waals surface area contributed by atoms with Crippen LogP contribution in [-0.4, -0.2) is 16.3 Å². The highest BCUT2D eigenvalue weighted by molar-refractivity contribution is 5.76. The number of rotatable bonds is 2. The first kappa shape index (κ1) is 9.45. The molecule has 0 aliphatic rings. The Bertz CT molecular complexity index is 465. The van der Waals surface area contributed by atoms with E-state index in [0.717, 1.165) is 24.2 Å². The van der Waals surface area contributed by atoms with Crippen LogP contribution in [0.1, 0.15) is 10.4 Å². The molecule has 0 radical (unpaired) electrons. The Morgan fingerprint density at radius 3 is 2.20 bits per heavy atom. The highest BCUT2D eigenvalue weighted by Crippen LogP contribution is 2.14. The van der Waals surface area contributed by atoms with Crippen LogP contribution in [0.5, 0.6) is 0 Å². The number of hydrogen-bond donors (Lipinski definition) is 0. The molecule has 0 saturated heterocycles. The zero-order chi connectivity index (χ0) is 10.7. The highest BCUT2D eigenvalue weighted by atomic mass is 19.1. The van der Waals surface area contributed by atoms with Crippen LogP contribution < -0.4 is 0 Å². The zero-order valence-corrected chi connectivity index (χ0v) is 7.72. The van der Waals surface area contributed by atoms with Gasteiger partial charge in [0, 0.05) is 11.1 Å². The first-order valence-corrected chi connectivity index (χ1v) is 4.33. The van der Waals surface area contributed by atoms with Crippen molar-refractivity contribution in [1.29, 1.82) is 0 Å². The number of hydrogen-bond acceptors (Lipinski definition) is 3. The van der Waals surface area contributed by atoms with Crippen molar-refractivity contribution in [3.05, 3.63) is 48.0 Å². The Labute approximate surface area is 85.6 Å². The van der Waals surface area contributed by atoms with Crippen molar-refractivity contribution in [3.8, 4) is 11.4 Å². The third-order valence-corrected chi connectivity index (χ3v) is 1.93. The third-order valence-electron chi connectivity index (χ3n) is 1.93. The van der Waals surface area contributed by atoms with E-state index in [9.17, 15) is 9.18 Å². The van der Waals surface area contributed by atoms with E-state index in [-0.39, 0.29) is 0 Å². The van der Waals surface area contributed by atoms with Crippen molar-refractivity contribution in [2.75, 3.05) is 0 Å². The number of nitrogens with zero attached hydrogens (tertiary/aromatic N) is 2. The third kappa shape index (κ3) is 2.04. The van der Waals surface area contributed by atoms with Crippen LogP contribution in [0.25, 0.3) is 11.4 Å². The average Bonchev–Trinajstić information content (AvgIpc) is 2.30. The van der Waals surface area contributed by atoms with Gasteiger partial charge in [-0.3, -0.25) is 4.79 Å². The summed E-state index contributed by atoms with van der Waals surface area (Å²) in [6.45, 7) is 0. The summed E-state index contributed by atoms with van der Waals surface area (Å²) >= 11 is 0. The highest BCUT2D eigenvalue weighted by Gasteiger charge is 2.00. The Hall–Kier alpha value is -2.10. The van der Waals surface area contributed by atoms with E-state index in [1.54, 1.807) is 24.3 Å². The van der Waals surface area contributed by atoms with E-state index in [4.69, 9.17) is 0 Å². The van der Waals surface area contributed by atoms with Crippen molar-refractivity contribution >= 4 is 6.29 Å². The predicted octanol–water partition coefficient (Wildman–Crippen LogP) is 2.10. The van der Waals surface area contributed by atoms with Gasteiger partial charge in [0.15, 0.2) is 11.6 Å². The molecule has 0 aliphatic carbocycles. The summed E-state index contributed by atoms with van der Waals surface area (Å²) in [6, 6.07) is 6.76. The number of halogens is 1. The Kier molecular flexibility index (Phi) is 2.49.